The maximum absolute atomic E-state index is 13.0. The van der Waals surface area contributed by atoms with Gasteiger partial charge in [0.05, 0.1) is 6.61 Å². The summed E-state index contributed by atoms with van der Waals surface area (Å²) in [5, 5.41) is 0. The third kappa shape index (κ3) is 14.5. The summed E-state index contributed by atoms with van der Waals surface area (Å²) in [6, 6.07) is 5.24. The second-order valence-electron chi connectivity index (χ2n) is 7.27. The van der Waals surface area contributed by atoms with Gasteiger partial charge in [0, 0.05) is 18.2 Å². The van der Waals surface area contributed by atoms with Crippen molar-refractivity contribution in [2.45, 2.75) is 84.0 Å². The molecule has 0 aromatic heterocycles. The molecule has 0 aliphatic carbocycles. The minimum absolute atomic E-state index is 0.0875. The average molecular weight is 407 g/mol. The van der Waals surface area contributed by atoms with Gasteiger partial charge in [-0.05, 0) is 18.6 Å². The zero-order valence-corrected chi connectivity index (χ0v) is 17.7. The molecule has 0 amide bonds. The second-order valence-corrected chi connectivity index (χ2v) is 7.27. The van der Waals surface area contributed by atoms with Gasteiger partial charge in [-0.3, -0.25) is 0 Å². The summed E-state index contributed by atoms with van der Waals surface area (Å²) < 4.78 is 23.0. The summed E-state index contributed by atoms with van der Waals surface area (Å²) in [5.41, 5.74) is 0. The number of benzene rings is 1. The van der Waals surface area contributed by atoms with E-state index >= 15 is 0 Å². The smallest absolute Gasteiger partial charge is 0.336 e. The number of unbranched alkanes of at least 4 members (excludes halogenated alkanes) is 11. The van der Waals surface area contributed by atoms with Crippen LogP contribution in [0.4, 0.5) is 4.39 Å². The first-order valence-corrected chi connectivity index (χ1v) is 10.9. The topological polar surface area (TPSA) is 52.6 Å². The van der Waals surface area contributed by atoms with Gasteiger partial charge in [-0.25, -0.2) is 14.0 Å². The Hall–Kier alpha value is -2.17. The fourth-order valence-corrected chi connectivity index (χ4v) is 2.98. The standard InChI is InChI=1S/C24H35FO4/c1-2-3-4-5-6-7-8-9-10-11-12-13-19-28-23(26)17-18-24(27)29-22-16-14-15-21(25)20-22/h14-18,20H,2-13,19H2,1H3/b18-17+. The molecule has 0 radical (unpaired) electrons. The SMILES string of the molecule is CCCCCCCCCCCCCCOC(=O)/C=C/C(=O)Oc1cccc(F)c1. The van der Waals surface area contributed by atoms with Crippen molar-refractivity contribution < 1.29 is 23.5 Å². The molecule has 0 bridgehead atoms. The predicted molar refractivity (Wildman–Crippen MR) is 113 cm³/mol. The van der Waals surface area contributed by atoms with Gasteiger partial charge >= 0.3 is 11.9 Å². The molecule has 0 heterocycles. The van der Waals surface area contributed by atoms with Gasteiger partial charge in [0.1, 0.15) is 11.6 Å². The maximum Gasteiger partial charge on any atom is 0.336 e. The summed E-state index contributed by atoms with van der Waals surface area (Å²) in [4.78, 5) is 23.2. The minimum Gasteiger partial charge on any atom is -0.463 e. The van der Waals surface area contributed by atoms with Crippen molar-refractivity contribution in [1.82, 2.24) is 0 Å². The summed E-state index contributed by atoms with van der Waals surface area (Å²) in [5.74, 6) is -1.74. The fraction of sp³-hybridized carbons (Fsp3) is 0.583. The number of rotatable bonds is 16. The van der Waals surface area contributed by atoms with Crippen LogP contribution < -0.4 is 4.74 Å². The lowest BCUT2D eigenvalue weighted by Crippen LogP contribution is -2.07. The van der Waals surface area contributed by atoms with Crippen molar-refractivity contribution in [2.24, 2.45) is 0 Å². The zero-order chi connectivity index (χ0) is 21.2. The molecule has 0 saturated heterocycles. The Kier molecular flexibility index (Phi) is 14.4. The van der Waals surface area contributed by atoms with Gasteiger partial charge in [-0.2, -0.15) is 0 Å². The second kappa shape index (κ2) is 16.8. The summed E-state index contributed by atoms with van der Waals surface area (Å²) >= 11 is 0. The molecule has 0 N–H and O–H groups in total. The summed E-state index contributed by atoms with van der Waals surface area (Å²) in [6.45, 7) is 2.59. The van der Waals surface area contributed by atoms with Crippen LogP contribution in [0.15, 0.2) is 36.4 Å². The van der Waals surface area contributed by atoms with Crippen LogP contribution in [0.5, 0.6) is 5.75 Å². The predicted octanol–water partition coefficient (Wildman–Crippen LogP) is 6.53. The molecule has 0 aliphatic heterocycles. The number of halogens is 1. The van der Waals surface area contributed by atoms with Crippen LogP contribution in [0.25, 0.3) is 0 Å². The number of hydrogen-bond donors (Lipinski definition) is 0. The molecule has 1 rings (SSSR count). The van der Waals surface area contributed by atoms with Gasteiger partial charge in [-0.1, -0.05) is 83.6 Å². The Morgan fingerprint density at radius 1 is 0.828 bits per heavy atom. The maximum atomic E-state index is 13.0. The Balaban J connectivity index is 1.96. The average Bonchev–Trinajstić information content (AvgIpc) is 2.70. The van der Waals surface area contributed by atoms with Gasteiger partial charge in [0.2, 0.25) is 0 Å². The van der Waals surface area contributed by atoms with E-state index in [1.165, 1.54) is 76.0 Å². The van der Waals surface area contributed by atoms with Crippen molar-refractivity contribution in [3.05, 3.63) is 42.2 Å². The number of hydrogen-bond acceptors (Lipinski definition) is 4. The first kappa shape index (κ1) is 24.9. The number of ether oxygens (including phenoxy) is 2. The largest absolute Gasteiger partial charge is 0.463 e. The van der Waals surface area contributed by atoms with Gasteiger partial charge in [-0.15, -0.1) is 0 Å². The van der Waals surface area contributed by atoms with Crippen LogP contribution in [0.3, 0.4) is 0 Å². The molecule has 0 spiro atoms. The highest BCUT2D eigenvalue weighted by atomic mass is 19.1. The van der Waals surface area contributed by atoms with E-state index in [2.05, 4.69) is 6.92 Å². The molecule has 0 atom stereocenters. The lowest BCUT2D eigenvalue weighted by molar-refractivity contribution is -0.138. The Bertz CT molecular complexity index is 613. The van der Waals surface area contributed by atoms with Crippen LogP contribution >= 0.6 is 0 Å². The first-order chi connectivity index (χ1) is 14.1. The molecular formula is C24H35FO4. The monoisotopic (exact) mass is 406 g/mol. The Morgan fingerprint density at radius 3 is 1.97 bits per heavy atom. The van der Waals surface area contributed by atoms with E-state index in [1.54, 1.807) is 0 Å². The molecule has 1 aromatic rings. The normalized spacial score (nSPS) is 11.0. The molecule has 1 aromatic carbocycles. The highest BCUT2D eigenvalue weighted by Gasteiger charge is 2.04. The van der Waals surface area contributed by atoms with Crippen LogP contribution in [0.2, 0.25) is 0 Å². The highest BCUT2D eigenvalue weighted by Crippen LogP contribution is 2.13. The Labute approximate surface area is 174 Å². The third-order valence-corrected chi connectivity index (χ3v) is 4.61. The van der Waals surface area contributed by atoms with E-state index in [1.807, 2.05) is 0 Å². The van der Waals surface area contributed by atoms with E-state index in [9.17, 15) is 14.0 Å². The molecule has 4 nitrogen and oxygen atoms in total. The van der Waals surface area contributed by atoms with Crippen molar-refractivity contribution in [3.8, 4) is 5.75 Å². The van der Waals surface area contributed by atoms with Crippen LogP contribution in [-0.4, -0.2) is 18.5 Å². The quantitative estimate of drug-likeness (QED) is 0.135. The third-order valence-electron chi connectivity index (χ3n) is 4.61. The lowest BCUT2D eigenvalue weighted by Gasteiger charge is -2.04. The molecular weight excluding hydrogens is 371 g/mol. The fourth-order valence-electron chi connectivity index (χ4n) is 2.98. The van der Waals surface area contributed by atoms with E-state index < -0.39 is 17.8 Å². The van der Waals surface area contributed by atoms with Crippen LogP contribution in [0.1, 0.15) is 84.0 Å². The van der Waals surface area contributed by atoms with Crippen molar-refractivity contribution >= 4 is 11.9 Å². The van der Waals surface area contributed by atoms with Crippen molar-refractivity contribution in [1.29, 1.82) is 0 Å². The summed E-state index contributed by atoms with van der Waals surface area (Å²) in [7, 11) is 0. The number of carbonyl (C=O) groups excluding carboxylic acids is 2. The van der Waals surface area contributed by atoms with E-state index in [0.29, 0.717) is 6.61 Å². The molecule has 0 saturated carbocycles. The number of esters is 2. The van der Waals surface area contributed by atoms with Gasteiger partial charge < -0.3 is 9.47 Å². The zero-order valence-electron chi connectivity index (χ0n) is 17.7. The molecule has 5 heteroatoms. The minimum atomic E-state index is -0.752. The van der Waals surface area contributed by atoms with E-state index in [-0.39, 0.29) is 5.75 Å². The lowest BCUT2D eigenvalue weighted by atomic mass is 10.1. The van der Waals surface area contributed by atoms with Crippen LogP contribution in [-0.2, 0) is 14.3 Å². The molecule has 162 valence electrons. The van der Waals surface area contributed by atoms with Gasteiger partial charge in [0.15, 0.2) is 0 Å². The molecule has 0 fully saturated rings. The van der Waals surface area contributed by atoms with Crippen LogP contribution in [0, 0.1) is 5.82 Å². The van der Waals surface area contributed by atoms with Gasteiger partial charge in [0.25, 0.3) is 0 Å². The number of carbonyl (C=O) groups is 2. The van der Waals surface area contributed by atoms with Crippen molar-refractivity contribution in [3.63, 3.8) is 0 Å². The molecule has 0 aliphatic rings. The first-order valence-electron chi connectivity index (χ1n) is 10.9. The molecule has 0 unspecified atom stereocenters. The van der Waals surface area contributed by atoms with E-state index in [4.69, 9.17) is 9.47 Å². The van der Waals surface area contributed by atoms with Crippen molar-refractivity contribution in [2.75, 3.05) is 6.61 Å². The summed E-state index contributed by atoms with van der Waals surface area (Å²) in [6.07, 6.45) is 17.0. The molecule has 29 heavy (non-hydrogen) atoms. The Morgan fingerprint density at radius 2 is 1.38 bits per heavy atom. The highest BCUT2D eigenvalue weighted by molar-refractivity contribution is 5.92. The van der Waals surface area contributed by atoms with E-state index in [0.717, 1.165) is 37.5 Å².